The van der Waals surface area contributed by atoms with Gasteiger partial charge in [0, 0.05) is 89.0 Å². The van der Waals surface area contributed by atoms with Gasteiger partial charge in [0.25, 0.3) is 5.91 Å². The highest BCUT2D eigenvalue weighted by Crippen LogP contribution is 2.32. The summed E-state index contributed by atoms with van der Waals surface area (Å²) in [5.74, 6) is 0.0152. The van der Waals surface area contributed by atoms with Crippen molar-refractivity contribution < 1.29 is 23.5 Å². The Morgan fingerprint density at radius 3 is 2.14 bits per heavy atom. The molecule has 3 saturated heterocycles. The number of methoxy groups -OCH3 is 1. The van der Waals surface area contributed by atoms with Crippen LogP contribution in [0.25, 0.3) is 11.0 Å². The van der Waals surface area contributed by atoms with Crippen molar-refractivity contribution in [3.63, 3.8) is 0 Å². The standard InChI is InChI=1S/C31H38N6O6/c1-33-7-9-35(10-8-33)26-20-24(41-2)19-25-27(38)21-28(43-29(25)26)30(39)32-22-3-5-23(6-4-22)34-11-13-36(14-12-34)31(40)37-15-17-42-18-16-37/h3-6,19-21H,7-18H2,1-2H3,(H,32,39). The van der Waals surface area contributed by atoms with E-state index in [0.29, 0.717) is 61.8 Å². The molecule has 0 spiro atoms. The zero-order valence-corrected chi connectivity index (χ0v) is 24.7. The number of amides is 3. The Balaban J connectivity index is 1.13. The van der Waals surface area contributed by atoms with Crippen LogP contribution >= 0.6 is 0 Å². The predicted molar refractivity (Wildman–Crippen MR) is 165 cm³/mol. The van der Waals surface area contributed by atoms with Crippen molar-refractivity contribution in [1.29, 1.82) is 0 Å². The van der Waals surface area contributed by atoms with Gasteiger partial charge in [-0.1, -0.05) is 0 Å². The van der Waals surface area contributed by atoms with E-state index in [-0.39, 0.29) is 17.2 Å². The molecular weight excluding hydrogens is 552 g/mol. The van der Waals surface area contributed by atoms with E-state index in [9.17, 15) is 14.4 Å². The highest BCUT2D eigenvalue weighted by Gasteiger charge is 2.27. The van der Waals surface area contributed by atoms with Crippen molar-refractivity contribution in [3.05, 3.63) is 58.4 Å². The number of nitrogens with zero attached hydrogens (tertiary/aromatic N) is 5. The van der Waals surface area contributed by atoms with Gasteiger partial charge in [0.05, 0.1) is 31.4 Å². The maximum absolute atomic E-state index is 13.2. The number of nitrogens with one attached hydrogen (secondary N) is 1. The lowest BCUT2D eigenvalue weighted by Crippen LogP contribution is -2.54. The molecule has 1 N–H and O–H groups in total. The Kier molecular flexibility index (Phi) is 8.39. The number of morpholine rings is 1. The Bertz CT molecular complexity index is 1520. The van der Waals surface area contributed by atoms with Gasteiger partial charge < -0.3 is 43.7 Å². The second kappa shape index (κ2) is 12.5. The minimum absolute atomic E-state index is 0.0526. The topological polar surface area (TPSA) is 111 Å². The summed E-state index contributed by atoms with van der Waals surface area (Å²) in [5, 5.41) is 3.24. The summed E-state index contributed by atoms with van der Waals surface area (Å²) in [5.41, 5.74) is 2.42. The third-order valence-electron chi connectivity index (χ3n) is 8.41. The number of anilines is 3. The fourth-order valence-electron chi connectivity index (χ4n) is 5.79. The molecule has 0 saturated carbocycles. The van der Waals surface area contributed by atoms with Gasteiger partial charge >= 0.3 is 6.03 Å². The molecule has 0 unspecified atom stereocenters. The van der Waals surface area contributed by atoms with Crippen molar-refractivity contribution in [2.75, 3.05) is 108 Å². The van der Waals surface area contributed by atoms with Crippen molar-refractivity contribution >= 4 is 40.0 Å². The smallest absolute Gasteiger partial charge is 0.320 e. The van der Waals surface area contributed by atoms with Gasteiger partial charge in [0.1, 0.15) is 5.75 Å². The number of piperazine rings is 2. The molecule has 4 heterocycles. The van der Waals surface area contributed by atoms with E-state index >= 15 is 0 Å². The summed E-state index contributed by atoms with van der Waals surface area (Å²) in [4.78, 5) is 49.5. The number of hydrogen-bond acceptors (Lipinski definition) is 9. The maximum atomic E-state index is 13.2. The fourth-order valence-corrected chi connectivity index (χ4v) is 5.79. The molecule has 43 heavy (non-hydrogen) atoms. The second-order valence-corrected chi connectivity index (χ2v) is 11.1. The number of carbonyl (C=O) groups is 2. The van der Waals surface area contributed by atoms with E-state index in [4.69, 9.17) is 13.9 Å². The number of benzene rings is 2. The van der Waals surface area contributed by atoms with Gasteiger partial charge in [0.2, 0.25) is 0 Å². The minimum atomic E-state index is -0.498. The third kappa shape index (κ3) is 6.25. The van der Waals surface area contributed by atoms with E-state index < -0.39 is 5.91 Å². The van der Waals surface area contributed by atoms with E-state index in [0.717, 1.165) is 50.6 Å². The molecule has 228 valence electrons. The molecule has 1 aromatic heterocycles. The lowest BCUT2D eigenvalue weighted by Gasteiger charge is -2.39. The van der Waals surface area contributed by atoms with Crippen LogP contribution in [0.5, 0.6) is 5.75 Å². The summed E-state index contributed by atoms with van der Waals surface area (Å²) in [6.45, 7) is 8.51. The number of fused-ring (bicyclic) bond motifs is 1. The molecule has 3 aliphatic rings. The Labute approximate surface area is 250 Å². The molecule has 2 aromatic carbocycles. The molecule has 12 nitrogen and oxygen atoms in total. The van der Waals surface area contributed by atoms with Gasteiger partial charge in [-0.25, -0.2) is 4.79 Å². The summed E-state index contributed by atoms with van der Waals surface area (Å²) in [6, 6.07) is 12.4. The molecule has 3 aliphatic heterocycles. The van der Waals surface area contributed by atoms with Crippen molar-refractivity contribution in [2.24, 2.45) is 0 Å². The lowest BCUT2D eigenvalue weighted by molar-refractivity contribution is 0.0428. The van der Waals surface area contributed by atoms with E-state index in [2.05, 4.69) is 27.1 Å². The average molecular weight is 591 g/mol. The number of hydrogen-bond donors (Lipinski definition) is 1. The lowest BCUT2D eigenvalue weighted by atomic mass is 10.1. The van der Waals surface area contributed by atoms with Gasteiger partial charge in [-0.05, 0) is 37.4 Å². The van der Waals surface area contributed by atoms with Crippen LogP contribution in [0, 0.1) is 0 Å². The van der Waals surface area contributed by atoms with Crippen LogP contribution < -0.4 is 25.3 Å². The first-order chi connectivity index (χ1) is 20.9. The van der Waals surface area contributed by atoms with Crippen LogP contribution in [0.15, 0.2) is 51.7 Å². The monoisotopic (exact) mass is 590 g/mol. The molecular formula is C31H38N6O6. The zero-order chi connectivity index (χ0) is 29.9. The van der Waals surface area contributed by atoms with E-state index in [1.165, 1.54) is 6.07 Å². The van der Waals surface area contributed by atoms with Gasteiger partial charge in [0.15, 0.2) is 16.8 Å². The molecule has 0 bridgehead atoms. The van der Waals surface area contributed by atoms with Crippen LogP contribution in [-0.4, -0.2) is 119 Å². The number of rotatable bonds is 5. The van der Waals surface area contributed by atoms with Gasteiger partial charge in [-0.15, -0.1) is 0 Å². The van der Waals surface area contributed by atoms with Crippen molar-refractivity contribution in [3.8, 4) is 5.75 Å². The van der Waals surface area contributed by atoms with Crippen molar-refractivity contribution in [2.45, 2.75) is 0 Å². The Hall–Kier alpha value is -4.29. The first-order valence-electron chi connectivity index (χ1n) is 14.8. The minimum Gasteiger partial charge on any atom is -0.497 e. The zero-order valence-electron chi connectivity index (χ0n) is 24.7. The SMILES string of the molecule is COc1cc(N2CCN(C)CC2)c2oc(C(=O)Nc3ccc(N4CCN(C(=O)N5CCOCC5)CC4)cc3)cc(=O)c2c1. The molecule has 0 radical (unpaired) electrons. The number of urea groups is 1. The molecule has 0 aliphatic carbocycles. The Morgan fingerprint density at radius 2 is 1.47 bits per heavy atom. The van der Waals surface area contributed by atoms with Crippen LogP contribution in [0.3, 0.4) is 0 Å². The van der Waals surface area contributed by atoms with Crippen LogP contribution in [-0.2, 0) is 4.74 Å². The normalized spacial score (nSPS) is 18.2. The average Bonchev–Trinajstić information content (AvgIpc) is 3.05. The molecule has 0 atom stereocenters. The van der Waals surface area contributed by atoms with E-state index in [1.807, 2.05) is 40.1 Å². The van der Waals surface area contributed by atoms with Crippen LogP contribution in [0.2, 0.25) is 0 Å². The molecule has 3 amide bonds. The summed E-state index contributed by atoms with van der Waals surface area (Å²) >= 11 is 0. The summed E-state index contributed by atoms with van der Waals surface area (Å²) in [6.07, 6.45) is 0. The molecule has 3 fully saturated rings. The number of ether oxygens (including phenoxy) is 2. The molecule has 6 rings (SSSR count). The first kappa shape index (κ1) is 28.8. The molecule has 3 aromatic rings. The highest BCUT2D eigenvalue weighted by atomic mass is 16.5. The number of carbonyl (C=O) groups excluding carboxylic acids is 2. The summed E-state index contributed by atoms with van der Waals surface area (Å²) in [7, 11) is 3.64. The number of likely N-dealkylation sites (N-methyl/N-ethyl adjacent to an activating group) is 1. The maximum Gasteiger partial charge on any atom is 0.320 e. The van der Waals surface area contributed by atoms with Crippen molar-refractivity contribution in [1.82, 2.24) is 14.7 Å². The summed E-state index contributed by atoms with van der Waals surface area (Å²) < 4.78 is 16.9. The highest BCUT2D eigenvalue weighted by molar-refractivity contribution is 6.03. The quantitative estimate of drug-likeness (QED) is 0.479. The third-order valence-corrected chi connectivity index (χ3v) is 8.41. The van der Waals surface area contributed by atoms with Gasteiger partial charge in [-0.3, -0.25) is 9.59 Å². The molecule has 12 heteroatoms. The van der Waals surface area contributed by atoms with Crippen LogP contribution in [0.1, 0.15) is 10.6 Å². The van der Waals surface area contributed by atoms with Crippen LogP contribution in [0.4, 0.5) is 21.9 Å². The van der Waals surface area contributed by atoms with E-state index in [1.54, 1.807) is 13.2 Å². The largest absolute Gasteiger partial charge is 0.497 e. The predicted octanol–water partition coefficient (Wildman–Crippen LogP) is 2.38. The first-order valence-corrected chi connectivity index (χ1v) is 14.8. The van der Waals surface area contributed by atoms with Gasteiger partial charge in [-0.2, -0.15) is 0 Å². The second-order valence-electron chi connectivity index (χ2n) is 11.1. The fraction of sp³-hybridized carbons (Fsp3) is 0.452. The Morgan fingerprint density at radius 1 is 0.814 bits per heavy atom.